The number of aliphatic imine (C=N–C) groups is 1. The first-order valence-electron chi connectivity index (χ1n) is 9.49. The summed E-state index contributed by atoms with van der Waals surface area (Å²) < 4.78 is 4.88. The Morgan fingerprint density at radius 3 is 2.43 bits per heavy atom. The van der Waals surface area contributed by atoms with Gasteiger partial charge in [-0.05, 0) is 51.6 Å². The van der Waals surface area contributed by atoms with Crippen LogP contribution in [-0.4, -0.2) is 69.1 Å². The van der Waals surface area contributed by atoms with E-state index in [0.717, 1.165) is 43.5 Å². The molecule has 1 aromatic carbocycles. The molecule has 6 nitrogen and oxygen atoms in total. The van der Waals surface area contributed by atoms with E-state index in [1.807, 2.05) is 12.1 Å². The average molecular weight is 523 g/mol. The summed E-state index contributed by atoms with van der Waals surface area (Å²) in [6, 6.07) is 8.11. The number of methoxy groups -OCH3 is 1. The molecular formula is C20H32ClIN4O2. The molecule has 1 aromatic rings. The zero-order valence-electron chi connectivity index (χ0n) is 17.2. The largest absolute Gasteiger partial charge is 0.469 e. The molecule has 0 aliphatic carbocycles. The van der Waals surface area contributed by atoms with Crippen LogP contribution in [-0.2, 0) is 9.53 Å². The van der Waals surface area contributed by atoms with Gasteiger partial charge in [0.15, 0.2) is 5.96 Å². The normalized spacial score (nSPS) is 16.5. The van der Waals surface area contributed by atoms with Gasteiger partial charge in [0.2, 0.25) is 0 Å². The summed E-state index contributed by atoms with van der Waals surface area (Å²) in [6.07, 6.45) is 1.59. The molecule has 2 rings (SSSR count). The Morgan fingerprint density at radius 1 is 1.32 bits per heavy atom. The van der Waals surface area contributed by atoms with Crippen molar-refractivity contribution in [2.24, 2.45) is 10.9 Å². The van der Waals surface area contributed by atoms with Gasteiger partial charge in [0.05, 0.1) is 25.6 Å². The van der Waals surface area contributed by atoms with E-state index in [9.17, 15) is 4.79 Å². The molecule has 1 unspecified atom stereocenters. The second-order valence-electron chi connectivity index (χ2n) is 7.01. The molecule has 8 heteroatoms. The number of ether oxygens (including phenoxy) is 1. The van der Waals surface area contributed by atoms with Crippen LogP contribution in [0.3, 0.4) is 0 Å². The molecule has 1 fully saturated rings. The van der Waals surface area contributed by atoms with Crippen LogP contribution in [0.1, 0.15) is 31.4 Å². The van der Waals surface area contributed by atoms with E-state index in [-0.39, 0.29) is 41.9 Å². The van der Waals surface area contributed by atoms with Crippen LogP contribution in [0.15, 0.2) is 29.3 Å². The van der Waals surface area contributed by atoms with Crippen molar-refractivity contribution < 1.29 is 9.53 Å². The summed E-state index contributed by atoms with van der Waals surface area (Å²) in [5, 5.41) is 4.12. The minimum atomic E-state index is -0.105. The number of hydrogen-bond acceptors (Lipinski definition) is 4. The lowest BCUT2D eigenvalue weighted by molar-refractivity contribution is -0.146. The quantitative estimate of drug-likeness (QED) is 0.269. The Labute approximate surface area is 190 Å². The van der Waals surface area contributed by atoms with Crippen LogP contribution in [0.5, 0.6) is 0 Å². The highest BCUT2D eigenvalue weighted by Crippen LogP contribution is 2.22. The Hall–Kier alpha value is -1.06. The number of likely N-dealkylation sites (tertiary alicyclic amines) is 1. The van der Waals surface area contributed by atoms with Crippen molar-refractivity contribution in [3.63, 3.8) is 0 Å². The number of nitrogens with zero attached hydrogens (tertiary/aromatic N) is 3. The number of nitrogens with one attached hydrogen (secondary N) is 1. The van der Waals surface area contributed by atoms with Crippen LogP contribution >= 0.6 is 35.6 Å². The second-order valence-corrected chi connectivity index (χ2v) is 7.45. The zero-order chi connectivity index (χ0) is 19.8. The predicted molar refractivity (Wildman–Crippen MR) is 126 cm³/mol. The molecule has 1 aliphatic rings. The predicted octanol–water partition coefficient (Wildman–Crippen LogP) is 3.41. The number of carbonyl (C=O) groups is 1. The maximum absolute atomic E-state index is 11.7. The second kappa shape index (κ2) is 12.5. The van der Waals surface area contributed by atoms with Crippen molar-refractivity contribution >= 4 is 47.5 Å². The SMILES string of the molecule is CCNC(=NCC(c1ccc(Cl)cc1)N(C)C)N1CCC(C(=O)OC)CC1.I. The number of guanidine groups is 1. The molecule has 0 spiro atoms. The minimum absolute atomic E-state index is 0. The molecule has 0 bridgehead atoms. The summed E-state index contributed by atoms with van der Waals surface area (Å²) in [4.78, 5) is 21.0. The molecule has 0 amide bonds. The Morgan fingerprint density at radius 2 is 1.93 bits per heavy atom. The maximum Gasteiger partial charge on any atom is 0.308 e. The molecule has 0 radical (unpaired) electrons. The summed E-state index contributed by atoms with van der Waals surface area (Å²) in [6.45, 7) is 5.13. The van der Waals surface area contributed by atoms with E-state index in [2.05, 4.69) is 48.3 Å². The molecule has 1 saturated heterocycles. The van der Waals surface area contributed by atoms with Gasteiger partial charge in [0.25, 0.3) is 0 Å². The highest BCUT2D eigenvalue weighted by molar-refractivity contribution is 14.0. The van der Waals surface area contributed by atoms with Crippen LogP contribution in [0.2, 0.25) is 5.02 Å². The molecule has 1 heterocycles. The van der Waals surface area contributed by atoms with Crippen LogP contribution in [0.25, 0.3) is 0 Å². The lowest BCUT2D eigenvalue weighted by Crippen LogP contribution is -2.47. The molecule has 28 heavy (non-hydrogen) atoms. The number of hydrogen-bond donors (Lipinski definition) is 1. The average Bonchev–Trinajstić information content (AvgIpc) is 2.68. The van der Waals surface area contributed by atoms with Gasteiger partial charge in [-0.25, -0.2) is 0 Å². The molecule has 1 N–H and O–H groups in total. The molecule has 158 valence electrons. The summed E-state index contributed by atoms with van der Waals surface area (Å²) in [7, 11) is 5.57. The minimum Gasteiger partial charge on any atom is -0.469 e. The summed E-state index contributed by atoms with van der Waals surface area (Å²) >= 11 is 6.02. The van der Waals surface area contributed by atoms with E-state index >= 15 is 0 Å². The van der Waals surface area contributed by atoms with Gasteiger partial charge in [-0.3, -0.25) is 9.79 Å². The van der Waals surface area contributed by atoms with Gasteiger partial charge < -0.3 is 19.9 Å². The van der Waals surface area contributed by atoms with Crippen molar-refractivity contribution in [1.29, 1.82) is 0 Å². The van der Waals surface area contributed by atoms with Crippen LogP contribution in [0.4, 0.5) is 0 Å². The van der Waals surface area contributed by atoms with Gasteiger partial charge in [-0.15, -0.1) is 24.0 Å². The third-order valence-electron chi connectivity index (χ3n) is 4.96. The van der Waals surface area contributed by atoms with Gasteiger partial charge >= 0.3 is 5.97 Å². The molecule has 1 aliphatic heterocycles. The van der Waals surface area contributed by atoms with E-state index in [4.69, 9.17) is 21.3 Å². The van der Waals surface area contributed by atoms with Gasteiger partial charge in [0.1, 0.15) is 0 Å². The van der Waals surface area contributed by atoms with Crippen molar-refractivity contribution in [2.45, 2.75) is 25.8 Å². The number of carbonyl (C=O) groups excluding carboxylic acids is 1. The van der Waals surface area contributed by atoms with Gasteiger partial charge in [-0.2, -0.15) is 0 Å². The molecular weight excluding hydrogens is 491 g/mol. The maximum atomic E-state index is 11.7. The highest BCUT2D eigenvalue weighted by Gasteiger charge is 2.27. The topological polar surface area (TPSA) is 57.2 Å². The number of benzene rings is 1. The molecule has 0 aromatic heterocycles. The van der Waals surface area contributed by atoms with Crippen molar-refractivity contribution in [2.75, 3.05) is 47.4 Å². The highest BCUT2D eigenvalue weighted by atomic mass is 127. The number of likely N-dealkylation sites (N-methyl/N-ethyl adjacent to an activating group) is 1. The summed E-state index contributed by atoms with van der Waals surface area (Å²) in [5.41, 5.74) is 1.19. The lowest BCUT2D eigenvalue weighted by atomic mass is 9.97. The van der Waals surface area contributed by atoms with Gasteiger partial charge in [0, 0.05) is 24.7 Å². The number of piperidine rings is 1. The number of esters is 1. The third-order valence-corrected chi connectivity index (χ3v) is 5.21. The fourth-order valence-corrected chi connectivity index (χ4v) is 3.47. The van der Waals surface area contributed by atoms with E-state index in [1.165, 1.54) is 12.7 Å². The molecule has 0 saturated carbocycles. The first-order chi connectivity index (χ1) is 13.0. The number of rotatable bonds is 6. The van der Waals surface area contributed by atoms with Crippen molar-refractivity contribution in [3.8, 4) is 0 Å². The third kappa shape index (κ3) is 7.08. The van der Waals surface area contributed by atoms with Crippen LogP contribution in [0, 0.1) is 5.92 Å². The Bertz CT molecular complexity index is 632. The Balaban J connectivity index is 0.00000392. The Kier molecular flexibility index (Phi) is 11.1. The van der Waals surface area contributed by atoms with E-state index in [1.54, 1.807) is 0 Å². The fourth-order valence-electron chi connectivity index (χ4n) is 3.34. The number of halogens is 2. The first kappa shape index (κ1) is 25.0. The van der Waals surface area contributed by atoms with Gasteiger partial charge in [-0.1, -0.05) is 23.7 Å². The monoisotopic (exact) mass is 522 g/mol. The van der Waals surface area contributed by atoms with Crippen molar-refractivity contribution in [3.05, 3.63) is 34.9 Å². The standard InChI is InChI=1S/C20H31ClN4O2.HI/c1-5-22-20(25-12-10-16(11-13-25)19(26)27-4)23-14-18(24(2)3)15-6-8-17(21)9-7-15;/h6-9,16,18H,5,10-14H2,1-4H3,(H,22,23);1H. The fraction of sp³-hybridized carbons (Fsp3) is 0.600. The lowest BCUT2D eigenvalue weighted by Gasteiger charge is -2.33. The van der Waals surface area contributed by atoms with Crippen LogP contribution < -0.4 is 5.32 Å². The van der Waals surface area contributed by atoms with E-state index < -0.39 is 0 Å². The van der Waals surface area contributed by atoms with E-state index in [0.29, 0.717) is 6.54 Å². The first-order valence-corrected chi connectivity index (χ1v) is 9.87. The summed E-state index contributed by atoms with van der Waals surface area (Å²) in [5.74, 6) is 0.798. The smallest absolute Gasteiger partial charge is 0.308 e. The van der Waals surface area contributed by atoms with Crippen molar-refractivity contribution in [1.82, 2.24) is 15.1 Å². The molecule has 1 atom stereocenters. The zero-order valence-corrected chi connectivity index (χ0v) is 20.2.